The summed E-state index contributed by atoms with van der Waals surface area (Å²) >= 11 is -5.15. The van der Waals surface area contributed by atoms with Crippen molar-refractivity contribution in [1.82, 2.24) is 0 Å². The van der Waals surface area contributed by atoms with Crippen LogP contribution in [0.4, 0.5) is 0 Å². The van der Waals surface area contributed by atoms with Crippen LogP contribution in [-0.2, 0) is 15.6 Å². The standard InChI is InChI=1S/2C22H17.C2H7Si.2ClH.Zr/c2*1-16-8-5-6-12-20(16)21-13-7-11-18-14-19(15-22(18)21)17-9-3-2-4-10-17;1-3-2;;;/h2*2-15H,1H3;3H,1-2H3;2*1H;/q;;;;;+2/p-2. The Morgan fingerprint density at radius 2 is 0.800 bits per heavy atom. The van der Waals surface area contributed by atoms with Crippen molar-refractivity contribution < 1.29 is 15.6 Å². The van der Waals surface area contributed by atoms with E-state index in [4.69, 9.17) is 17.0 Å². The first-order valence-corrected chi connectivity index (χ1v) is 34.0. The summed E-state index contributed by atoms with van der Waals surface area (Å²) in [6.45, 7) is 9.28. The normalized spacial score (nSPS) is 17.5. The molecule has 0 fully saturated rings. The minimum absolute atomic E-state index is 0.0713. The summed E-state index contributed by atoms with van der Waals surface area (Å²) in [6.07, 6.45) is 4.88. The van der Waals surface area contributed by atoms with Gasteiger partial charge in [0, 0.05) is 0 Å². The summed E-state index contributed by atoms with van der Waals surface area (Å²) in [5.41, 5.74) is 17.6. The van der Waals surface area contributed by atoms with Crippen LogP contribution < -0.4 is 0 Å². The fourth-order valence-electron chi connectivity index (χ4n) is 8.81. The zero-order valence-electron chi connectivity index (χ0n) is 29.0. The van der Waals surface area contributed by atoms with Crippen molar-refractivity contribution in [1.29, 1.82) is 0 Å². The Hall–Kier alpha value is -3.52. The van der Waals surface area contributed by atoms with Gasteiger partial charge in [0.2, 0.25) is 0 Å². The van der Waals surface area contributed by atoms with Crippen molar-refractivity contribution in [2.75, 3.05) is 0 Å². The molecule has 50 heavy (non-hydrogen) atoms. The van der Waals surface area contributed by atoms with Gasteiger partial charge in [-0.25, -0.2) is 0 Å². The molecule has 6 aromatic carbocycles. The molecular weight excluding hydrogens is 743 g/mol. The van der Waals surface area contributed by atoms with Crippen molar-refractivity contribution in [2.45, 2.75) is 34.2 Å². The molecule has 0 aromatic heterocycles. The zero-order valence-corrected chi connectivity index (χ0v) is 34.1. The van der Waals surface area contributed by atoms with Crippen molar-refractivity contribution in [3.63, 3.8) is 0 Å². The Morgan fingerprint density at radius 1 is 0.440 bits per heavy atom. The molecule has 0 radical (unpaired) electrons. The molecule has 0 aliphatic heterocycles. The first-order valence-electron chi connectivity index (χ1n) is 17.7. The first kappa shape index (κ1) is 33.6. The van der Waals surface area contributed by atoms with Crippen LogP contribution >= 0.6 is 17.0 Å². The van der Waals surface area contributed by atoms with E-state index in [0.29, 0.717) is 0 Å². The predicted molar refractivity (Wildman–Crippen MR) is 218 cm³/mol. The molecule has 2 atom stereocenters. The van der Waals surface area contributed by atoms with E-state index in [-0.39, 0.29) is 7.25 Å². The maximum absolute atomic E-state index is 8.90. The van der Waals surface area contributed by atoms with Crippen LogP contribution in [0.5, 0.6) is 0 Å². The van der Waals surface area contributed by atoms with Crippen LogP contribution in [0.25, 0.3) is 45.6 Å². The molecule has 0 N–H and O–H groups in total. The molecule has 247 valence electrons. The Morgan fingerprint density at radius 3 is 1.18 bits per heavy atom. The van der Waals surface area contributed by atoms with Crippen LogP contribution in [0.15, 0.2) is 146 Å². The molecule has 0 saturated carbocycles. The summed E-state index contributed by atoms with van der Waals surface area (Å²) in [5, 5.41) is 0. The summed E-state index contributed by atoms with van der Waals surface area (Å²) in [7, 11) is 17.8. The number of benzene rings is 6. The third kappa shape index (κ3) is 5.26. The Bertz CT molecular complexity index is 2160. The Balaban J connectivity index is 1.44. The van der Waals surface area contributed by atoms with Crippen LogP contribution in [0.3, 0.4) is 0 Å². The third-order valence-electron chi connectivity index (χ3n) is 11.4. The summed E-state index contributed by atoms with van der Waals surface area (Å²) < 4.78 is -0.143. The van der Waals surface area contributed by atoms with E-state index in [0.717, 1.165) is 0 Å². The molecule has 0 amide bonds. The fourth-order valence-corrected chi connectivity index (χ4v) is 38.9. The van der Waals surface area contributed by atoms with Gasteiger partial charge in [-0.2, -0.15) is 0 Å². The van der Waals surface area contributed by atoms with E-state index >= 15 is 0 Å². The fraction of sp³-hybridized carbons (Fsp3) is 0.130. The van der Waals surface area contributed by atoms with Crippen LogP contribution in [0.1, 0.15) is 51.8 Å². The molecule has 6 aromatic rings. The first-order chi connectivity index (χ1) is 24.2. The van der Waals surface area contributed by atoms with Gasteiger partial charge in [-0.1, -0.05) is 0 Å². The number of halogens is 2. The molecular formula is C46H41Cl2SiZr. The Kier molecular flexibility index (Phi) is 8.68. The number of hydrogen-bond acceptors (Lipinski definition) is 0. The van der Waals surface area contributed by atoms with Crippen molar-refractivity contribution in [3.8, 4) is 22.3 Å². The maximum atomic E-state index is 8.90. The number of fused-ring (bicyclic) bond motifs is 2. The molecule has 2 aliphatic rings. The molecule has 2 aliphatic carbocycles. The molecule has 8 rings (SSSR count). The average Bonchev–Trinajstić information content (AvgIpc) is 3.74. The molecule has 0 bridgehead atoms. The van der Waals surface area contributed by atoms with Gasteiger partial charge in [0.1, 0.15) is 0 Å². The number of aryl methyl sites for hydroxylation is 2. The molecule has 0 heterocycles. The predicted octanol–water partition coefficient (Wildman–Crippen LogP) is 13.5. The van der Waals surface area contributed by atoms with Crippen LogP contribution in [-0.4, -0.2) is 5.92 Å². The minimum atomic E-state index is -5.15. The van der Waals surface area contributed by atoms with Gasteiger partial charge in [0.25, 0.3) is 0 Å². The second-order valence-electron chi connectivity index (χ2n) is 14.4. The number of rotatable bonds is 7. The molecule has 0 saturated heterocycles. The molecule has 4 heteroatoms. The van der Waals surface area contributed by atoms with Gasteiger partial charge in [-0.15, -0.1) is 0 Å². The number of allylic oxidation sites excluding steroid dienone is 2. The Labute approximate surface area is 305 Å². The second-order valence-corrected chi connectivity index (χ2v) is 56.9. The van der Waals surface area contributed by atoms with Crippen molar-refractivity contribution >= 4 is 46.2 Å². The summed E-state index contributed by atoms with van der Waals surface area (Å²) in [6, 6.07) is 52.9. The number of hydrogen-bond donors (Lipinski definition) is 0. The van der Waals surface area contributed by atoms with E-state index in [1.807, 2.05) is 0 Å². The van der Waals surface area contributed by atoms with E-state index in [2.05, 4.69) is 185 Å². The van der Waals surface area contributed by atoms with Crippen molar-refractivity contribution in [2.24, 2.45) is 0 Å². The molecule has 0 spiro atoms. The van der Waals surface area contributed by atoms with E-state index in [1.54, 1.807) is 0 Å². The van der Waals surface area contributed by atoms with E-state index in [1.165, 1.54) is 77.9 Å². The monoisotopic (exact) mass is 781 g/mol. The van der Waals surface area contributed by atoms with Gasteiger partial charge in [0.05, 0.1) is 0 Å². The topological polar surface area (TPSA) is 0 Å². The van der Waals surface area contributed by atoms with E-state index in [9.17, 15) is 0 Å². The third-order valence-corrected chi connectivity index (χ3v) is 63.0. The van der Waals surface area contributed by atoms with Gasteiger partial charge in [-0.05, 0) is 0 Å². The van der Waals surface area contributed by atoms with E-state index < -0.39 is 21.5 Å². The van der Waals surface area contributed by atoms with Crippen LogP contribution in [0, 0.1) is 13.8 Å². The quantitative estimate of drug-likeness (QED) is 0.142. The average molecular weight is 784 g/mol. The van der Waals surface area contributed by atoms with Gasteiger partial charge in [-0.3, -0.25) is 0 Å². The van der Waals surface area contributed by atoms with Crippen LogP contribution in [0.2, 0.25) is 13.1 Å². The molecule has 0 nitrogen and oxygen atoms in total. The second kappa shape index (κ2) is 12.9. The SMILES string of the molecule is Cc1ccccc1-c1cccc2c1C=C(c1ccccc1)[CH]2[Zr]([Cl])([Cl])([CH]1C(c2ccccc2)=Cc2c(-c3ccccc3C)cccc21)[SiH](C)C. The summed E-state index contributed by atoms with van der Waals surface area (Å²) in [4.78, 5) is 0. The zero-order chi connectivity index (χ0) is 34.6. The van der Waals surface area contributed by atoms with Gasteiger partial charge >= 0.3 is 308 Å². The molecule has 2 unspecified atom stereocenters. The van der Waals surface area contributed by atoms with Crippen molar-refractivity contribution in [3.05, 3.63) is 190 Å². The summed E-state index contributed by atoms with van der Waals surface area (Å²) in [5.74, 6) is -1.80. The van der Waals surface area contributed by atoms with Gasteiger partial charge < -0.3 is 0 Å². The van der Waals surface area contributed by atoms with Gasteiger partial charge in [0.15, 0.2) is 0 Å².